The van der Waals surface area contributed by atoms with Crippen LogP contribution < -0.4 is 5.32 Å². The van der Waals surface area contributed by atoms with Crippen LogP contribution in [0.4, 0.5) is 5.95 Å². The monoisotopic (exact) mass is 293 g/mol. The van der Waals surface area contributed by atoms with E-state index in [1.165, 1.54) is 31.1 Å². The maximum Gasteiger partial charge on any atom is 0.224 e. The predicted molar refractivity (Wildman–Crippen MR) is 84.2 cm³/mol. The molecule has 2 atom stereocenters. The van der Waals surface area contributed by atoms with E-state index in [9.17, 15) is 0 Å². The van der Waals surface area contributed by atoms with Gasteiger partial charge in [0.05, 0.1) is 0 Å². The number of rotatable bonds is 3. The first-order valence-corrected chi connectivity index (χ1v) is 8.62. The van der Waals surface area contributed by atoms with Gasteiger partial charge in [0.25, 0.3) is 0 Å². The van der Waals surface area contributed by atoms with E-state index >= 15 is 0 Å². The Morgan fingerprint density at radius 2 is 2.26 bits per heavy atom. The minimum absolute atomic E-state index is 0.714. The van der Waals surface area contributed by atoms with Gasteiger partial charge in [-0.1, -0.05) is 19.8 Å². The van der Waals surface area contributed by atoms with E-state index in [2.05, 4.69) is 33.7 Å². The van der Waals surface area contributed by atoms with Crippen molar-refractivity contribution in [3.8, 4) is 0 Å². The van der Waals surface area contributed by atoms with Gasteiger partial charge < -0.3 is 5.32 Å². The third-order valence-electron chi connectivity index (χ3n) is 3.68. The summed E-state index contributed by atoms with van der Waals surface area (Å²) in [6.45, 7) is 2.37. The molecule has 1 N–H and O–H groups in total. The van der Waals surface area contributed by atoms with Crippen molar-refractivity contribution in [2.45, 2.75) is 42.9 Å². The second kappa shape index (κ2) is 5.67. The third-order valence-corrected chi connectivity index (χ3v) is 5.78. The van der Waals surface area contributed by atoms with Gasteiger partial charge in [-0.25, -0.2) is 9.97 Å². The molecule has 0 aromatic carbocycles. The second-order valence-electron chi connectivity index (χ2n) is 5.25. The molecular formula is C14H19N3S2. The van der Waals surface area contributed by atoms with Crippen LogP contribution in [0.1, 0.15) is 32.6 Å². The lowest BCUT2D eigenvalue weighted by molar-refractivity contribution is 0.394. The fraction of sp³-hybridized carbons (Fsp3) is 0.571. The van der Waals surface area contributed by atoms with Gasteiger partial charge >= 0.3 is 0 Å². The summed E-state index contributed by atoms with van der Waals surface area (Å²) in [7, 11) is 1.88. The normalized spacial score (nSPS) is 23.7. The zero-order valence-electron chi connectivity index (χ0n) is 11.3. The molecular weight excluding hydrogens is 274 g/mol. The van der Waals surface area contributed by atoms with Crippen molar-refractivity contribution >= 4 is 39.3 Å². The zero-order chi connectivity index (χ0) is 13.2. The van der Waals surface area contributed by atoms with Crippen LogP contribution >= 0.6 is 23.1 Å². The lowest BCUT2D eigenvalue weighted by atomic mass is 9.91. The van der Waals surface area contributed by atoms with E-state index in [1.807, 2.05) is 18.8 Å². The highest BCUT2D eigenvalue weighted by molar-refractivity contribution is 8.00. The van der Waals surface area contributed by atoms with Gasteiger partial charge in [-0.15, -0.1) is 23.1 Å². The summed E-state index contributed by atoms with van der Waals surface area (Å²) in [6.07, 6.45) is 5.38. The molecule has 1 saturated carbocycles. The lowest BCUT2D eigenvalue weighted by Crippen LogP contribution is -2.15. The van der Waals surface area contributed by atoms with Crippen molar-refractivity contribution in [2.75, 3.05) is 12.4 Å². The maximum atomic E-state index is 4.66. The summed E-state index contributed by atoms with van der Waals surface area (Å²) in [5.41, 5.74) is 0. The van der Waals surface area contributed by atoms with Crippen LogP contribution in [0.25, 0.3) is 10.2 Å². The van der Waals surface area contributed by atoms with Crippen LogP contribution in [-0.2, 0) is 0 Å². The molecule has 5 heteroatoms. The molecule has 2 unspecified atom stereocenters. The van der Waals surface area contributed by atoms with Gasteiger partial charge in [-0.3, -0.25) is 0 Å². The summed E-state index contributed by atoms with van der Waals surface area (Å²) >= 11 is 3.64. The summed E-state index contributed by atoms with van der Waals surface area (Å²) in [4.78, 5) is 10.3. The standard InChI is InChI=1S/C14H19N3S2/c1-9-4-3-5-10(8-9)19-13-11-6-7-18-12(11)16-14(15-2)17-13/h6-7,9-10H,3-5,8H2,1-2H3,(H,15,16,17). The van der Waals surface area contributed by atoms with Crippen molar-refractivity contribution < 1.29 is 0 Å². The molecule has 3 nitrogen and oxygen atoms in total. The molecule has 2 heterocycles. The summed E-state index contributed by atoms with van der Waals surface area (Å²) < 4.78 is 0. The highest BCUT2D eigenvalue weighted by Gasteiger charge is 2.21. The molecule has 2 aromatic heterocycles. The summed E-state index contributed by atoms with van der Waals surface area (Å²) in [5, 5.41) is 8.25. The van der Waals surface area contributed by atoms with Gasteiger partial charge in [0.2, 0.25) is 5.95 Å². The molecule has 2 aromatic rings. The van der Waals surface area contributed by atoms with E-state index in [0.29, 0.717) is 5.25 Å². The molecule has 1 aliphatic rings. The fourth-order valence-corrected chi connectivity index (χ4v) is 4.96. The maximum absolute atomic E-state index is 4.66. The molecule has 0 amide bonds. The minimum Gasteiger partial charge on any atom is -0.357 e. The topological polar surface area (TPSA) is 37.8 Å². The number of fused-ring (bicyclic) bond motifs is 1. The SMILES string of the molecule is CNc1nc(SC2CCCC(C)C2)c2ccsc2n1. The number of nitrogens with zero attached hydrogens (tertiary/aromatic N) is 2. The third kappa shape index (κ3) is 2.87. The van der Waals surface area contributed by atoms with Crippen LogP contribution in [0.2, 0.25) is 0 Å². The van der Waals surface area contributed by atoms with E-state index in [1.54, 1.807) is 11.3 Å². The molecule has 0 radical (unpaired) electrons. The van der Waals surface area contributed by atoms with Crippen molar-refractivity contribution in [3.05, 3.63) is 11.4 Å². The first kappa shape index (κ1) is 13.2. The Morgan fingerprint density at radius 1 is 1.37 bits per heavy atom. The predicted octanol–water partition coefficient (Wildman–Crippen LogP) is 4.40. The van der Waals surface area contributed by atoms with E-state index < -0.39 is 0 Å². The number of thioether (sulfide) groups is 1. The molecule has 0 aliphatic heterocycles. The van der Waals surface area contributed by atoms with Gasteiger partial charge in [-0.05, 0) is 30.2 Å². The molecule has 19 heavy (non-hydrogen) atoms. The van der Waals surface area contributed by atoms with Crippen molar-refractivity contribution in [3.63, 3.8) is 0 Å². The van der Waals surface area contributed by atoms with Crippen molar-refractivity contribution in [1.82, 2.24) is 9.97 Å². The Kier molecular flexibility index (Phi) is 3.93. The molecule has 0 bridgehead atoms. The Bertz CT molecular complexity index is 567. The average molecular weight is 293 g/mol. The van der Waals surface area contributed by atoms with Crippen LogP contribution in [0.5, 0.6) is 0 Å². The van der Waals surface area contributed by atoms with Gasteiger partial charge in [0.15, 0.2) is 0 Å². The quantitative estimate of drug-likeness (QED) is 0.851. The highest BCUT2D eigenvalue weighted by atomic mass is 32.2. The van der Waals surface area contributed by atoms with E-state index in [0.717, 1.165) is 21.7 Å². The van der Waals surface area contributed by atoms with Crippen molar-refractivity contribution in [1.29, 1.82) is 0 Å². The number of anilines is 1. The molecule has 0 spiro atoms. The van der Waals surface area contributed by atoms with E-state index in [-0.39, 0.29) is 0 Å². The Morgan fingerprint density at radius 3 is 3.05 bits per heavy atom. The zero-order valence-corrected chi connectivity index (χ0v) is 13.0. The largest absolute Gasteiger partial charge is 0.357 e. The molecule has 3 rings (SSSR count). The van der Waals surface area contributed by atoms with E-state index in [4.69, 9.17) is 0 Å². The first-order valence-electron chi connectivity index (χ1n) is 6.86. The Balaban J connectivity index is 1.88. The van der Waals surface area contributed by atoms with Crippen molar-refractivity contribution in [2.24, 2.45) is 5.92 Å². The number of hydrogen-bond acceptors (Lipinski definition) is 5. The fourth-order valence-electron chi connectivity index (χ4n) is 2.67. The second-order valence-corrected chi connectivity index (χ2v) is 7.44. The number of thiophene rings is 1. The molecule has 1 fully saturated rings. The van der Waals surface area contributed by atoms with Gasteiger partial charge in [-0.2, -0.15) is 0 Å². The van der Waals surface area contributed by atoms with Crippen LogP contribution in [-0.4, -0.2) is 22.3 Å². The molecule has 102 valence electrons. The van der Waals surface area contributed by atoms with Gasteiger partial charge in [0, 0.05) is 17.7 Å². The number of aromatic nitrogens is 2. The highest BCUT2D eigenvalue weighted by Crippen LogP contribution is 2.38. The summed E-state index contributed by atoms with van der Waals surface area (Å²) in [6, 6.07) is 2.15. The van der Waals surface area contributed by atoms with Crippen LogP contribution in [0.15, 0.2) is 16.5 Å². The summed E-state index contributed by atoms with van der Waals surface area (Å²) in [5.74, 6) is 1.59. The Labute approximate surface area is 122 Å². The minimum atomic E-state index is 0.714. The number of nitrogens with one attached hydrogen (secondary N) is 1. The van der Waals surface area contributed by atoms with Gasteiger partial charge in [0.1, 0.15) is 9.86 Å². The smallest absolute Gasteiger partial charge is 0.224 e. The average Bonchev–Trinajstić information content (AvgIpc) is 2.87. The van der Waals surface area contributed by atoms with Crippen LogP contribution in [0.3, 0.4) is 0 Å². The Hall–Kier alpha value is -0.810. The number of hydrogen-bond donors (Lipinski definition) is 1. The van der Waals surface area contributed by atoms with Crippen LogP contribution in [0, 0.1) is 5.92 Å². The molecule has 1 aliphatic carbocycles. The lowest BCUT2D eigenvalue weighted by Gasteiger charge is -2.26. The first-order chi connectivity index (χ1) is 9.26. The molecule has 0 saturated heterocycles.